The Morgan fingerprint density at radius 3 is 2.28 bits per heavy atom. The van der Waals surface area contributed by atoms with Crippen molar-refractivity contribution >= 4 is 12.6 Å². The van der Waals surface area contributed by atoms with Gasteiger partial charge in [0.05, 0.1) is 0 Å². The zero-order valence-electron chi connectivity index (χ0n) is 10.6. The predicted molar refractivity (Wildman–Crippen MR) is 68.6 cm³/mol. The van der Waals surface area contributed by atoms with Gasteiger partial charge in [0.15, 0.2) is 11.6 Å². The quantitative estimate of drug-likeness (QED) is 0.579. The van der Waals surface area contributed by atoms with Crippen molar-refractivity contribution in [1.29, 1.82) is 0 Å². The van der Waals surface area contributed by atoms with Crippen LogP contribution in [0.2, 0.25) is 0 Å². The molecule has 0 heterocycles. The average Bonchev–Trinajstić information content (AvgIpc) is 2.33. The smallest absolute Gasteiger partial charge is 0.423 e. The van der Waals surface area contributed by atoms with Gasteiger partial charge in [0.1, 0.15) is 0 Å². The Kier molecular flexibility index (Phi) is 6.29. The largest absolute Gasteiger partial charge is 0.491 e. The van der Waals surface area contributed by atoms with Gasteiger partial charge in [-0.15, -0.1) is 0 Å². The van der Waals surface area contributed by atoms with Crippen LogP contribution >= 0.6 is 0 Å². The first-order valence-corrected chi connectivity index (χ1v) is 6.40. The minimum atomic E-state index is -1.97. The molecule has 0 bridgehead atoms. The van der Waals surface area contributed by atoms with Crippen LogP contribution in [0.3, 0.4) is 0 Å². The normalized spacial score (nSPS) is 10.7. The van der Waals surface area contributed by atoms with Crippen LogP contribution in [-0.2, 0) is 6.42 Å². The van der Waals surface area contributed by atoms with Gasteiger partial charge >= 0.3 is 7.12 Å². The Balaban J connectivity index is 2.59. The van der Waals surface area contributed by atoms with Crippen molar-refractivity contribution in [1.82, 2.24) is 0 Å². The summed E-state index contributed by atoms with van der Waals surface area (Å²) < 4.78 is 27.0. The molecule has 0 atom stereocenters. The van der Waals surface area contributed by atoms with Crippen molar-refractivity contribution in [2.24, 2.45) is 0 Å². The van der Waals surface area contributed by atoms with Crippen LogP contribution in [0.4, 0.5) is 8.78 Å². The van der Waals surface area contributed by atoms with E-state index in [9.17, 15) is 8.78 Å². The highest BCUT2D eigenvalue weighted by Gasteiger charge is 2.21. The van der Waals surface area contributed by atoms with Gasteiger partial charge in [-0.25, -0.2) is 8.78 Å². The third-order valence-electron chi connectivity index (χ3n) is 3.02. The summed E-state index contributed by atoms with van der Waals surface area (Å²) >= 11 is 0. The van der Waals surface area contributed by atoms with Crippen molar-refractivity contribution in [3.8, 4) is 0 Å². The van der Waals surface area contributed by atoms with Gasteiger partial charge in [-0.3, -0.25) is 0 Å². The summed E-state index contributed by atoms with van der Waals surface area (Å²) in [6.07, 6.45) is 5.71. The minimum absolute atomic E-state index is 0.299. The van der Waals surface area contributed by atoms with E-state index in [0.717, 1.165) is 32.1 Å². The molecular weight excluding hydrogens is 237 g/mol. The van der Waals surface area contributed by atoms with Crippen molar-refractivity contribution in [3.05, 3.63) is 29.3 Å². The summed E-state index contributed by atoms with van der Waals surface area (Å²) in [7, 11) is -1.97. The molecule has 1 aromatic carbocycles. The molecule has 0 aromatic heterocycles. The Morgan fingerprint density at radius 1 is 1.00 bits per heavy atom. The summed E-state index contributed by atoms with van der Waals surface area (Å²) in [5, 5.41) is 17.7. The van der Waals surface area contributed by atoms with Crippen LogP contribution < -0.4 is 5.46 Å². The Hall–Kier alpha value is -0.935. The van der Waals surface area contributed by atoms with E-state index in [1.54, 1.807) is 0 Å². The molecule has 0 aliphatic heterocycles. The summed E-state index contributed by atoms with van der Waals surface area (Å²) in [4.78, 5) is 0. The SMILES string of the molecule is CCCCCCCc1ccc(B(O)O)c(F)c1F. The maximum absolute atomic E-state index is 13.6. The number of unbranched alkanes of at least 4 members (excludes halogenated alkanes) is 4. The Labute approximate surface area is 107 Å². The molecular formula is C13H19BF2O2. The second kappa shape index (κ2) is 7.49. The molecule has 18 heavy (non-hydrogen) atoms. The van der Waals surface area contributed by atoms with E-state index in [0.29, 0.717) is 12.0 Å². The molecule has 0 saturated heterocycles. The van der Waals surface area contributed by atoms with Crippen molar-refractivity contribution in [2.75, 3.05) is 0 Å². The highest BCUT2D eigenvalue weighted by molar-refractivity contribution is 6.58. The molecule has 0 amide bonds. The first kappa shape index (κ1) is 15.1. The molecule has 1 aromatic rings. The molecule has 0 saturated carbocycles. The van der Waals surface area contributed by atoms with Crippen LogP contribution in [0.5, 0.6) is 0 Å². The number of rotatable bonds is 7. The Bertz CT molecular complexity index is 383. The fourth-order valence-electron chi connectivity index (χ4n) is 1.92. The average molecular weight is 256 g/mol. The fraction of sp³-hybridized carbons (Fsp3) is 0.538. The molecule has 0 aliphatic carbocycles. The first-order valence-electron chi connectivity index (χ1n) is 6.40. The summed E-state index contributed by atoms with van der Waals surface area (Å²) in [5.41, 5.74) is -0.115. The third-order valence-corrected chi connectivity index (χ3v) is 3.02. The van der Waals surface area contributed by atoms with Gasteiger partial charge in [-0.2, -0.15) is 0 Å². The van der Waals surface area contributed by atoms with Crippen molar-refractivity contribution in [2.45, 2.75) is 45.4 Å². The van der Waals surface area contributed by atoms with Gasteiger partial charge in [0.25, 0.3) is 0 Å². The van der Waals surface area contributed by atoms with Crippen LogP contribution in [-0.4, -0.2) is 17.2 Å². The molecule has 0 fully saturated rings. The summed E-state index contributed by atoms with van der Waals surface area (Å²) in [6.45, 7) is 2.12. The van der Waals surface area contributed by atoms with Gasteiger partial charge in [-0.1, -0.05) is 44.7 Å². The molecule has 0 unspecified atom stereocenters. The molecule has 2 nitrogen and oxygen atoms in total. The van der Waals surface area contributed by atoms with Gasteiger partial charge < -0.3 is 10.0 Å². The van der Waals surface area contributed by atoms with E-state index in [4.69, 9.17) is 10.0 Å². The predicted octanol–water partition coefficient (Wildman–Crippen LogP) is 2.16. The van der Waals surface area contributed by atoms with Crippen molar-refractivity contribution in [3.63, 3.8) is 0 Å². The van der Waals surface area contributed by atoms with Gasteiger partial charge in [0.2, 0.25) is 0 Å². The standard InChI is InChI=1S/C13H19BF2O2/c1-2-3-4-5-6-7-10-8-9-11(14(17)18)13(16)12(10)15/h8-9,17-18H,2-7H2,1H3. The number of aryl methyl sites for hydroxylation is 1. The lowest BCUT2D eigenvalue weighted by atomic mass is 9.79. The number of hydrogen-bond donors (Lipinski definition) is 2. The molecule has 5 heteroatoms. The third kappa shape index (κ3) is 4.07. The van der Waals surface area contributed by atoms with Gasteiger partial charge in [-0.05, 0) is 18.4 Å². The molecule has 2 N–H and O–H groups in total. The Morgan fingerprint density at radius 2 is 1.67 bits per heavy atom. The summed E-state index contributed by atoms with van der Waals surface area (Å²) in [6, 6.07) is 2.65. The first-order chi connectivity index (χ1) is 8.57. The molecule has 0 aliphatic rings. The van der Waals surface area contributed by atoms with E-state index in [1.165, 1.54) is 12.1 Å². The monoisotopic (exact) mass is 256 g/mol. The van der Waals surface area contributed by atoms with E-state index >= 15 is 0 Å². The van der Waals surface area contributed by atoms with Crippen LogP contribution in [0.1, 0.15) is 44.6 Å². The molecule has 1 rings (SSSR count). The zero-order chi connectivity index (χ0) is 13.5. The lowest BCUT2D eigenvalue weighted by Crippen LogP contribution is -2.33. The maximum Gasteiger partial charge on any atom is 0.491 e. The second-order valence-electron chi connectivity index (χ2n) is 4.48. The lowest BCUT2D eigenvalue weighted by Gasteiger charge is -2.08. The van der Waals surface area contributed by atoms with E-state index < -0.39 is 24.2 Å². The van der Waals surface area contributed by atoms with E-state index in [1.807, 2.05) is 0 Å². The van der Waals surface area contributed by atoms with Gasteiger partial charge in [0, 0.05) is 5.46 Å². The van der Waals surface area contributed by atoms with Crippen LogP contribution in [0.25, 0.3) is 0 Å². The highest BCUT2D eigenvalue weighted by atomic mass is 19.2. The molecule has 0 spiro atoms. The maximum atomic E-state index is 13.6. The topological polar surface area (TPSA) is 40.5 Å². The zero-order valence-corrected chi connectivity index (χ0v) is 10.6. The molecule has 100 valence electrons. The fourth-order valence-corrected chi connectivity index (χ4v) is 1.92. The second-order valence-corrected chi connectivity index (χ2v) is 4.48. The van der Waals surface area contributed by atoms with Crippen LogP contribution in [0, 0.1) is 11.6 Å². The number of halogens is 2. The van der Waals surface area contributed by atoms with E-state index in [-0.39, 0.29) is 0 Å². The highest BCUT2D eigenvalue weighted by Crippen LogP contribution is 2.14. The summed E-state index contributed by atoms with van der Waals surface area (Å²) in [5.74, 6) is -2.12. The minimum Gasteiger partial charge on any atom is -0.423 e. The number of benzene rings is 1. The lowest BCUT2D eigenvalue weighted by molar-refractivity contribution is 0.419. The molecule has 0 radical (unpaired) electrons. The number of hydrogen-bond acceptors (Lipinski definition) is 2. The van der Waals surface area contributed by atoms with Crippen LogP contribution in [0.15, 0.2) is 12.1 Å². The van der Waals surface area contributed by atoms with Crippen molar-refractivity contribution < 1.29 is 18.8 Å². The van der Waals surface area contributed by atoms with E-state index in [2.05, 4.69) is 6.92 Å².